The number of hydrogen-bond acceptors (Lipinski definition) is 1. The monoisotopic (exact) mass is 310 g/mol. The van der Waals surface area contributed by atoms with Crippen molar-refractivity contribution in [2.75, 3.05) is 7.11 Å². The number of methoxy groups -OCH3 is 1. The minimum absolute atomic E-state index is 0.232. The van der Waals surface area contributed by atoms with E-state index in [9.17, 15) is 8.78 Å². The Kier molecular flexibility index (Phi) is 4.84. The van der Waals surface area contributed by atoms with E-state index < -0.39 is 17.0 Å². The van der Waals surface area contributed by atoms with Gasteiger partial charge in [-0.15, -0.1) is 11.6 Å². The van der Waals surface area contributed by atoms with E-state index in [1.54, 1.807) is 13.2 Å². The van der Waals surface area contributed by atoms with Gasteiger partial charge in [-0.05, 0) is 48.6 Å². The number of halogens is 3. The lowest BCUT2D eigenvalue weighted by Gasteiger charge is -2.15. The number of hydrogen-bond donors (Lipinski definition) is 0. The molecule has 0 aliphatic carbocycles. The van der Waals surface area contributed by atoms with Crippen LogP contribution in [0.4, 0.5) is 8.78 Å². The van der Waals surface area contributed by atoms with Gasteiger partial charge < -0.3 is 4.74 Å². The fraction of sp³-hybridized carbons (Fsp3) is 0.294. The smallest absolute Gasteiger partial charge is 0.162 e. The van der Waals surface area contributed by atoms with E-state index in [0.29, 0.717) is 0 Å². The zero-order valence-electron chi connectivity index (χ0n) is 12.2. The van der Waals surface area contributed by atoms with Gasteiger partial charge in [0.05, 0.1) is 12.5 Å². The van der Waals surface area contributed by atoms with Crippen molar-refractivity contribution in [3.8, 4) is 5.75 Å². The van der Waals surface area contributed by atoms with Crippen LogP contribution in [0.2, 0.25) is 0 Å². The number of rotatable bonds is 4. The van der Waals surface area contributed by atoms with E-state index in [2.05, 4.69) is 0 Å². The highest BCUT2D eigenvalue weighted by molar-refractivity contribution is 6.21. The van der Waals surface area contributed by atoms with Crippen LogP contribution in [0.3, 0.4) is 0 Å². The van der Waals surface area contributed by atoms with Crippen molar-refractivity contribution < 1.29 is 13.5 Å². The van der Waals surface area contributed by atoms with E-state index in [0.717, 1.165) is 28.5 Å². The molecule has 0 aromatic heterocycles. The molecule has 112 valence electrons. The molecule has 0 N–H and O–H groups in total. The molecule has 2 aromatic carbocycles. The number of alkyl halides is 1. The molecule has 1 nitrogen and oxygen atoms in total. The van der Waals surface area contributed by atoms with Gasteiger partial charge in [0, 0.05) is 0 Å². The summed E-state index contributed by atoms with van der Waals surface area (Å²) < 4.78 is 32.2. The van der Waals surface area contributed by atoms with Crippen molar-refractivity contribution >= 4 is 11.6 Å². The van der Waals surface area contributed by atoms with Gasteiger partial charge in [-0.2, -0.15) is 0 Å². The van der Waals surface area contributed by atoms with Gasteiger partial charge >= 0.3 is 0 Å². The second kappa shape index (κ2) is 6.44. The van der Waals surface area contributed by atoms with Crippen LogP contribution in [0.15, 0.2) is 30.3 Å². The van der Waals surface area contributed by atoms with Crippen molar-refractivity contribution in [2.24, 2.45) is 0 Å². The first kappa shape index (κ1) is 15.8. The maximum Gasteiger partial charge on any atom is 0.162 e. The molecule has 0 radical (unpaired) electrons. The summed E-state index contributed by atoms with van der Waals surface area (Å²) in [4.78, 5) is 0. The first-order valence-electron chi connectivity index (χ1n) is 6.66. The average Bonchev–Trinajstić information content (AvgIpc) is 2.43. The van der Waals surface area contributed by atoms with Crippen molar-refractivity contribution in [2.45, 2.75) is 25.6 Å². The van der Waals surface area contributed by atoms with Gasteiger partial charge in [-0.1, -0.05) is 24.3 Å². The Morgan fingerprint density at radius 2 is 1.76 bits per heavy atom. The molecule has 0 spiro atoms. The molecular formula is C17H17ClF2O. The van der Waals surface area contributed by atoms with Gasteiger partial charge in [0.15, 0.2) is 11.6 Å². The van der Waals surface area contributed by atoms with Crippen LogP contribution in [0.1, 0.15) is 27.6 Å². The zero-order valence-corrected chi connectivity index (χ0v) is 13.0. The van der Waals surface area contributed by atoms with E-state index in [-0.39, 0.29) is 12.0 Å². The normalized spacial score (nSPS) is 12.3. The number of aryl methyl sites for hydroxylation is 2. The van der Waals surface area contributed by atoms with Crippen LogP contribution in [0.25, 0.3) is 0 Å². The third-order valence-electron chi connectivity index (χ3n) is 3.48. The summed E-state index contributed by atoms with van der Waals surface area (Å²) in [6.45, 7) is 3.86. The van der Waals surface area contributed by atoms with Gasteiger partial charge in [0.1, 0.15) is 5.75 Å². The highest BCUT2D eigenvalue weighted by Gasteiger charge is 2.16. The van der Waals surface area contributed by atoms with Crippen LogP contribution in [0.5, 0.6) is 5.75 Å². The molecule has 21 heavy (non-hydrogen) atoms. The maximum absolute atomic E-state index is 13.7. The van der Waals surface area contributed by atoms with Crippen LogP contribution in [-0.2, 0) is 6.42 Å². The van der Waals surface area contributed by atoms with Crippen LogP contribution >= 0.6 is 11.6 Å². The molecule has 0 aliphatic heterocycles. The fourth-order valence-corrected chi connectivity index (χ4v) is 2.80. The molecule has 2 rings (SSSR count). The van der Waals surface area contributed by atoms with E-state index in [1.165, 1.54) is 6.07 Å². The lowest BCUT2D eigenvalue weighted by Crippen LogP contribution is -2.02. The topological polar surface area (TPSA) is 9.23 Å². The molecule has 2 aromatic rings. The zero-order chi connectivity index (χ0) is 15.6. The largest absolute Gasteiger partial charge is 0.496 e. The Morgan fingerprint density at radius 1 is 1.14 bits per heavy atom. The summed E-state index contributed by atoms with van der Waals surface area (Å²) in [5, 5.41) is -0.426. The summed E-state index contributed by atoms with van der Waals surface area (Å²) in [5.74, 6) is -0.858. The predicted octanol–water partition coefficient (Wildman–Crippen LogP) is 5.11. The summed E-state index contributed by atoms with van der Waals surface area (Å²) in [5.41, 5.74) is 3.09. The summed E-state index contributed by atoms with van der Waals surface area (Å²) in [6, 6.07) is 7.98. The Morgan fingerprint density at radius 3 is 2.33 bits per heavy atom. The van der Waals surface area contributed by atoms with Gasteiger partial charge in [-0.3, -0.25) is 0 Å². The minimum Gasteiger partial charge on any atom is -0.496 e. The Labute approximate surface area is 128 Å². The Hall–Kier alpha value is -1.61. The average molecular weight is 311 g/mol. The predicted molar refractivity (Wildman–Crippen MR) is 81.1 cm³/mol. The molecule has 0 saturated heterocycles. The molecular weight excluding hydrogens is 294 g/mol. The van der Waals surface area contributed by atoms with E-state index >= 15 is 0 Å². The second-order valence-corrected chi connectivity index (χ2v) is 5.60. The second-order valence-electron chi connectivity index (χ2n) is 5.07. The van der Waals surface area contributed by atoms with Crippen molar-refractivity contribution in [1.29, 1.82) is 0 Å². The standard InChI is InChI=1S/C17H17ClF2O/c1-10-7-13(8-11(2)17(10)21-3)14(18)9-12-5-4-6-15(19)16(12)20/h4-8,14H,9H2,1-3H3. The molecule has 4 heteroatoms. The highest BCUT2D eigenvalue weighted by Crippen LogP contribution is 2.32. The Bertz CT molecular complexity index is 632. The van der Waals surface area contributed by atoms with Gasteiger partial charge in [0.25, 0.3) is 0 Å². The SMILES string of the molecule is COc1c(C)cc(C(Cl)Cc2cccc(F)c2F)cc1C. The molecule has 0 bridgehead atoms. The first-order chi connectivity index (χ1) is 9.93. The number of ether oxygens (including phenoxy) is 1. The van der Waals surface area contributed by atoms with Crippen LogP contribution in [-0.4, -0.2) is 7.11 Å². The van der Waals surface area contributed by atoms with Crippen LogP contribution in [0, 0.1) is 25.5 Å². The lowest BCUT2D eigenvalue weighted by molar-refractivity contribution is 0.408. The first-order valence-corrected chi connectivity index (χ1v) is 7.09. The Balaban J connectivity index is 2.28. The molecule has 0 amide bonds. The van der Waals surface area contributed by atoms with E-state index in [4.69, 9.17) is 16.3 Å². The lowest BCUT2D eigenvalue weighted by atomic mass is 9.99. The molecule has 1 unspecified atom stereocenters. The summed E-state index contributed by atoms with van der Waals surface area (Å²) in [7, 11) is 1.62. The van der Waals surface area contributed by atoms with Crippen molar-refractivity contribution in [3.63, 3.8) is 0 Å². The van der Waals surface area contributed by atoms with E-state index in [1.807, 2.05) is 26.0 Å². The third kappa shape index (κ3) is 3.35. The molecule has 1 atom stereocenters. The molecule has 0 heterocycles. The molecule has 0 fully saturated rings. The van der Waals surface area contributed by atoms with Crippen molar-refractivity contribution in [1.82, 2.24) is 0 Å². The summed E-state index contributed by atoms with van der Waals surface area (Å²) in [6.07, 6.45) is 0.232. The molecule has 0 aliphatic rings. The van der Waals surface area contributed by atoms with Gasteiger partial charge in [-0.25, -0.2) is 8.78 Å². The minimum atomic E-state index is -0.849. The maximum atomic E-state index is 13.7. The highest BCUT2D eigenvalue weighted by atomic mass is 35.5. The van der Waals surface area contributed by atoms with Gasteiger partial charge in [0.2, 0.25) is 0 Å². The van der Waals surface area contributed by atoms with Crippen molar-refractivity contribution in [3.05, 3.63) is 64.2 Å². The quantitative estimate of drug-likeness (QED) is 0.713. The number of benzene rings is 2. The molecule has 0 saturated carbocycles. The fourth-order valence-electron chi connectivity index (χ4n) is 2.50. The van der Waals surface area contributed by atoms with Crippen LogP contribution < -0.4 is 4.74 Å². The summed E-state index contributed by atoms with van der Waals surface area (Å²) >= 11 is 6.37. The third-order valence-corrected chi connectivity index (χ3v) is 3.89.